The third-order valence-corrected chi connectivity index (χ3v) is 5.49. The van der Waals surface area contributed by atoms with Crippen LogP contribution in [0.25, 0.3) is 0 Å². The number of nitrogens with one attached hydrogen (secondary N) is 2. The van der Waals surface area contributed by atoms with Crippen LogP contribution in [-0.2, 0) is 30.3 Å². The van der Waals surface area contributed by atoms with E-state index in [0.717, 1.165) is 31.2 Å². The number of ether oxygens (including phenoxy) is 2. The van der Waals surface area contributed by atoms with Crippen molar-refractivity contribution >= 4 is 23.3 Å². The fraction of sp³-hybridized carbons (Fsp3) is 0.625. The lowest BCUT2D eigenvalue weighted by Gasteiger charge is -2.09. The van der Waals surface area contributed by atoms with Gasteiger partial charge in [-0.2, -0.15) is 0 Å². The summed E-state index contributed by atoms with van der Waals surface area (Å²) in [6, 6.07) is 7.45. The van der Waals surface area contributed by atoms with Gasteiger partial charge in [0, 0.05) is 37.5 Å². The highest BCUT2D eigenvalue weighted by atomic mass is 16.5. The molecule has 1 aromatic rings. The molecule has 0 radical (unpaired) electrons. The quantitative estimate of drug-likeness (QED) is 0.334. The molecule has 2 amide bonds. The van der Waals surface area contributed by atoms with Crippen molar-refractivity contribution in [1.82, 2.24) is 5.32 Å². The SMILES string of the molecule is NCCOCCOCCC(=O)Nc1ccc(CCC(=O)NCCC(=O)C2CCCC2)cc1. The van der Waals surface area contributed by atoms with Gasteiger partial charge in [0.25, 0.3) is 0 Å². The fourth-order valence-electron chi connectivity index (χ4n) is 3.67. The van der Waals surface area contributed by atoms with E-state index in [1.54, 1.807) is 0 Å². The maximum absolute atomic E-state index is 12.0. The van der Waals surface area contributed by atoms with Gasteiger partial charge in [-0.15, -0.1) is 0 Å². The van der Waals surface area contributed by atoms with E-state index in [1.165, 1.54) is 0 Å². The van der Waals surface area contributed by atoms with Crippen LogP contribution in [0.3, 0.4) is 0 Å². The van der Waals surface area contributed by atoms with Gasteiger partial charge in [0.15, 0.2) is 0 Å². The minimum absolute atomic E-state index is 0.0463. The molecule has 32 heavy (non-hydrogen) atoms. The van der Waals surface area contributed by atoms with E-state index >= 15 is 0 Å². The Hall–Kier alpha value is -2.29. The first-order valence-electron chi connectivity index (χ1n) is 11.6. The number of hydrogen-bond donors (Lipinski definition) is 3. The Morgan fingerprint density at radius 3 is 2.25 bits per heavy atom. The first-order valence-corrected chi connectivity index (χ1v) is 11.6. The molecule has 1 aliphatic carbocycles. The number of amides is 2. The molecule has 0 unspecified atom stereocenters. The number of nitrogens with two attached hydrogens (primary N) is 1. The molecule has 0 spiro atoms. The molecule has 0 aromatic heterocycles. The monoisotopic (exact) mass is 447 g/mol. The van der Waals surface area contributed by atoms with Crippen molar-refractivity contribution in [1.29, 1.82) is 0 Å². The van der Waals surface area contributed by atoms with Crippen LogP contribution < -0.4 is 16.4 Å². The van der Waals surface area contributed by atoms with Crippen LogP contribution in [0.1, 0.15) is 50.5 Å². The Morgan fingerprint density at radius 1 is 0.875 bits per heavy atom. The second-order valence-corrected chi connectivity index (χ2v) is 8.06. The smallest absolute Gasteiger partial charge is 0.226 e. The molecule has 178 valence electrons. The molecule has 1 fully saturated rings. The predicted molar refractivity (Wildman–Crippen MR) is 123 cm³/mol. The molecule has 1 saturated carbocycles. The summed E-state index contributed by atoms with van der Waals surface area (Å²) >= 11 is 0. The Morgan fingerprint density at radius 2 is 1.56 bits per heavy atom. The number of benzene rings is 1. The third-order valence-electron chi connectivity index (χ3n) is 5.49. The number of ketones is 1. The molecule has 1 aliphatic rings. The van der Waals surface area contributed by atoms with E-state index < -0.39 is 0 Å². The Kier molecular flexibility index (Phi) is 12.6. The first kappa shape index (κ1) is 26.0. The lowest BCUT2D eigenvalue weighted by molar-refractivity contribution is -0.123. The third kappa shape index (κ3) is 10.8. The Balaban J connectivity index is 1.55. The van der Waals surface area contributed by atoms with Crippen LogP contribution in [0, 0.1) is 5.92 Å². The van der Waals surface area contributed by atoms with Crippen LogP contribution in [0.2, 0.25) is 0 Å². The zero-order valence-corrected chi connectivity index (χ0v) is 18.9. The zero-order chi connectivity index (χ0) is 23.0. The standard InChI is InChI=1S/C24H37N3O5/c25-13-16-32-18-17-31-15-12-24(30)27-21-8-5-19(6-9-21)7-10-23(29)26-14-11-22(28)20-3-1-2-4-20/h5-6,8-9,20H,1-4,7,10-18,25H2,(H,26,29)(H,27,30). The summed E-state index contributed by atoms with van der Waals surface area (Å²) < 4.78 is 10.5. The van der Waals surface area contributed by atoms with E-state index in [9.17, 15) is 14.4 Å². The lowest BCUT2D eigenvalue weighted by atomic mass is 10.0. The number of rotatable bonds is 16. The van der Waals surface area contributed by atoms with Gasteiger partial charge in [0.05, 0.1) is 32.8 Å². The van der Waals surface area contributed by atoms with Crippen LogP contribution in [-0.4, -0.2) is 57.1 Å². The van der Waals surface area contributed by atoms with Crippen molar-refractivity contribution in [2.24, 2.45) is 11.7 Å². The maximum Gasteiger partial charge on any atom is 0.226 e. The van der Waals surface area contributed by atoms with Crippen molar-refractivity contribution < 1.29 is 23.9 Å². The molecule has 1 aromatic carbocycles. The second-order valence-electron chi connectivity index (χ2n) is 8.06. The average molecular weight is 448 g/mol. The van der Waals surface area contributed by atoms with Crippen LogP contribution in [0.4, 0.5) is 5.69 Å². The Bertz CT molecular complexity index is 702. The van der Waals surface area contributed by atoms with Gasteiger partial charge < -0.3 is 25.8 Å². The fourth-order valence-corrected chi connectivity index (χ4v) is 3.67. The number of aryl methyl sites for hydroxylation is 1. The summed E-state index contributed by atoms with van der Waals surface area (Å²) in [5.41, 5.74) is 7.04. The van der Waals surface area contributed by atoms with Crippen LogP contribution >= 0.6 is 0 Å². The van der Waals surface area contributed by atoms with Gasteiger partial charge in [-0.1, -0.05) is 25.0 Å². The zero-order valence-electron chi connectivity index (χ0n) is 18.9. The molecular formula is C24H37N3O5. The summed E-state index contributed by atoms with van der Waals surface area (Å²) in [7, 11) is 0. The summed E-state index contributed by atoms with van der Waals surface area (Å²) in [6.07, 6.45) is 5.97. The molecule has 4 N–H and O–H groups in total. The summed E-state index contributed by atoms with van der Waals surface area (Å²) in [6.45, 7) is 2.65. The maximum atomic E-state index is 12.0. The number of carbonyl (C=O) groups excluding carboxylic acids is 3. The average Bonchev–Trinajstić information content (AvgIpc) is 3.33. The molecule has 0 bridgehead atoms. The molecule has 2 rings (SSSR count). The summed E-state index contributed by atoms with van der Waals surface area (Å²) in [5.74, 6) is 0.324. The number of hydrogen-bond acceptors (Lipinski definition) is 6. The van der Waals surface area contributed by atoms with E-state index in [-0.39, 0.29) is 29.9 Å². The molecule has 0 aliphatic heterocycles. The van der Waals surface area contributed by atoms with Gasteiger partial charge in [0.2, 0.25) is 11.8 Å². The largest absolute Gasteiger partial charge is 0.379 e. The summed E-state index contributed by atoms with van der Waals surface area (Å²) in [5, 5.41) is 5.67. The van der Waals surface area contributed by atoms with Gasteiger partial charge in [0.1, 0.15) is 5.78 Å². The lowest BCUT2D eigenvalue weighted by Crippen LogP contribution is -2.27. The molecular weight excluding hydrogens is 410 g/mol. The molecule has 8 heteroatoms. The van der Waals surface area contributed by atoms with E-state index in [2.05, 4.69) is 10.6 Å². The van der Waals surface area contributed by atoms with Crippen molar-refractivity contribution in [2.45, 2.75) is 51.4 Å². The normalized spacial score (nSPS) is 13.8. The van der Waals surface area contributed by atoms with Gasteiger partial charge in [-0.05, 0) is 37.0 Å². The van der Waals surface area contributed by atoms with Gasteiger partial charge in [-0.25, -0.2) is 0 Å². The van der Waals surface area contributed by atoms with Crippen molar-refractivity contribution in [3.63, 3.8) is 0 Å². The number of anilines is 1. The van der Waals surface area contributed by atoms with Gasteiger partial charge >= 0.3 is 0 Å². The highest BCUT2D eigenvalue weighted by Crippen LogP contribution is 2.26. The second kappa shape index (κ2) is 15.5. The number of carbonyl (C=O) groups is 3. The van der Waals surface area contributed by atoms with Crippen molar-refractivity contribution in [2.75, 3.05) is 44.8 Å². The van der Waals surface area contributed by atoms with Crippen LogP contribution in [0.5, 0.6) is 0 Å². The molecule has 0 saturated heterocycles. The topological polar surface area (TPSA) is 120 Å². The minimum Gasteiger partial charge on any atom is -0.379 e. The predicted octanol–water partition coefficient (Wildman–Crippen LogP) is 2.21. The van der Waals surface area contributed by atoms with E-state index in [4.69, 9.17) is 15.2 Å². The van der Waals surface area contributed by atoms with Crippen molar-refractivity contribution in [3.8, 4) is 0 Å². The van der Waals surface area contributed by atoms with Gasteiger partial charge in [-0.3, -0.25) is 14.4 Å². The van der Waals surface area contributed by atoms with Crippen LogP contribution in [0.15, 0.2) is 24.3 Å². The molecule has 0 heterocycles. The van der Waals surface area contributed by atoms with E-state index in [0.29, 0.717) is 64.5 Å². The van der Waals surface area contributed by atoms with Crippen molar-refractivity contribution in [3.05, 3.63) is 29.8 Å². The molecule has 8 nitrogen and oxygen atoms in total. The highest BCUT2D eigenvalue weighted by molar-refractivity contribution is 5.90. The molecule has 0 atom stereocenters. The Labute approximate surface area is 190 Å². The van der Waals surface area contributed by atoms with E-state index in [1.807, 2.05) is 24.3 Å². The summed E-state index contributed by atoms with van der Waals surface area (Å²) in [4.78, 5) is 36.0. The highest BCUT2D eigenvalue weighted by Gasteiger charge is 2.21. The first-order chi connectivity index (χ1) is 15.6. The number of Topliss-reactive ketones (excluding diaryl/α,β-unsaturated/α-hetero) is 1. The minimum atomic E-state index is -0.118.